The summed E-state index contributed by atoms with van der Waals surface area (Å²) in [6.07, 6.45) is 0. The molecule has 0 amide bonds. The number of nitrogens with zero attached hydrogens (tertiary/aromatic N) is 3. The number of benzene rings is 8. The van der Waals surface area contributed by atoms with Crippen molar-refractivity contribution < 1.29 is 8.83 Å². The van der Waals surface area contributed by atoms with Crippen molar-refractivity contribution in [3.63, 3.8) is 0 Å². The summed E-state index contributed by atoms with van der Waals surface area (Å²) in [6.45, 7) is 0. The molecule has 0 aliphatic carbocycles. The van der Waals surface area contributed by atoms with Crippen LogP contribution in [0.4, 0.5) is 0 Å². The fourth-order valence-corrected chi connectivity index (χ4v) is 8.57. The molecule has 266 valence electrons. The minimum absolute atomic E-state index is 0.671. The lowest BCUT2D eigenvalue weighted by Gasteiger charge is -2.09. The van der Waals surface area contributed by atoms with Crippen molar-refractivity contribution >= 4 is 65.7 Å². The number of hydrogen-bond acceptors (Lipinski definition) is 4. The van der Waals surface area contributed by atoms with Gasteiger partial charge in [-0.2, -0.15) is 0 Å². The molecule has 0 saturated heterocycles. The lowest BCUT2D eigenvalue weighted by atomic mass is 9.99. The summed E-state index contributed by atoms with van der Waals surface area (Å²) >= 11 is 0. The second-order valence-electron chi connectivity index (χ2n) is 14.5. The lowest BCUT2D eigenvalue weighted by molar-refractivity contribution is 0.669. The summed E-state index contributed by atoms with van der Waals surface area (Å²) in [4.78, 5) is 10.2. The minimum Gasteiger partial charge on any atom is -0.456 e. The Morgan fingerprint density at radius 3 is 1.77 bits per heavy atom. The van der Waals surface area contributed by atoms with Crippen LogP contribution in [-0.2, 0) is 0 Å². The second kappa shape index (κ2) is 12.4. The van der Waals surface area contributed by atoms with Crippen molar-refractivity contribution in [2.75, 3.05) is 0 Å². The molecular weight excluding hydrogens is 699 g/mol. The Morgan fingerprint density at radius 2 is 0.982 bits per heavy atom. The van der Waals surface area contributed by atoms with Gasteiger partial charge in [0.1, 0.15) is 22.3 Å². The maximum absolute atomic E-state index is 7.01. The topological polar surface area (TPSA) is 57.0 Å². The zero-order valence-corrected chi connectivity index (χ0v) is 30.6. The van der Waals surface area contributed by atoms with Crippen LogP contribution in [0, 0.1) is 0 Å². The van der Waals surface area contributed by atoms with Crippen LogP contribution in [0.15, 0.2) is 197 Å². The van der Waals surface area contributed by atoms with Gasteiger partial charge in [-0.15, -0.1) is 0 Å². The van der Waals surface area contributed by atoms with Crippen molar-refractivity contribution in [3.8, 4) is 50.7 Å². The van der Waals surface area contributed by atoms with Crippen LogP contribution in [0.25, 0.3) is 116 Å². The van der Waals surface area contributed by atoms with Gasteiger partial charge in [-0.3, -0.25) is 0 Å². The quantitative estimate of drug-likeness (QED) is 0.177. The van der Waals surface area contributed by atoms with E-state index in [1.54, 1.807) is 0 Å². The van der Waals surface area contributed by atoms with Crippen LogP contribution in [0.2, 0.25) is 0 Å². The number of para-hydroxylation sites is 4. The summed E-state index contributed by atoms with van der Waals surface area (Å²) in [5, 5.41) is 6.66. The maximum Gasteiger partial charge on any atom is 0.160 e. The molecule has 0 atom stereocenters. The van der Waals surface area contributed by atoms with E-state index >= 15 is 0 Å². The van der Waals surface area contributed by atoms with Crippen molar-refractivity contribution in [2.45, 2.75) is 0 Å². The summed E-state index contributed by atoms with van der Waals surface area (Å²) in [7, 11) is 0. The van der Waals surface area contributed by atoms with Crippen LogP contribution in [0.1, 0.15) is 0 Å². The van der Waals surface area contributed by atoms with Crippen molar-refractivity contribution in [1.29, 1.82) is 0 Å². The van der Waals surface area contributed by atoms with E-state index in [9.17, 15) is 0 Å². The van der Waals surface area contributed by atoms with Crippen LogP contribution >= 0.6 is 0 Å². The highest BCUT2D eigenvalue weighted by Crippen LogP contribution is 2.43. The summed E-state index contributed by atoms with van der Waals surface area (Å²) in [5.41, 5.74) is 13.4. The Hall–Kier alpha value is -7.76. The first kappa shape index (κ1) is 31.6. The molecule has 4 aromatic heterocycles. The van der Waals surface area contributed by atoms with Gasteiger partial charge in [0.25, 0.3) is 0 Å². The number of fused-ring (bicyclic) bond motifs is 9. The normalized spacial score (nSPS) is 11.9. The number of furan rings is 2. The first-order valence-electron chi connectivity index (χ1n) is 19.1. The molecule has 12 rings (SSSR count). The van der Waals surface area contributed by atoms with Gasteiger partial charge >= 0.3 is 0 Å². The van der Waals surface area contributed by atoms with Crippen LogP contribution in [0.3, 0.4) is 0 Å². The molecule has 0 saturated carbocycles. The predicted molar refractivity (Wildman–Crippen MR) is 233 cm³/mol. The van der Waals surface area contributed by atoms with Crippen molar-refractivity contribution in [3.05, 3.63) is 188 Å². The molecule has 8 aromatic carbocycles. The van der Waals surface area contributed by atoms with E-state index in [1.165, 1.54) is 5.39 Å². The first-order chi connectivity index (χ1) is 28.2. The molecular formula is C52H31N3O2. The molecule has 12 aromatic rings. The molecule has 0 spiro atoms. The van der Waals surface area contributed by atoms with E-state index in [0.29, 0.717) is 5.82 Å². The highest BCUT2D eigenvalue weighted by atomic mass is 16.3. The highest BCUT2D eigenvalue weighted by Gasteiger charge is 2.21. The number of aromatic nitrogens is 3. The third-order valence-corrected chi connectivity index (χ3v) is 11.2. The minimum atomic E-state index is 0.671. The van der Waals surface area contributed by atoms with Gasteiger partial charge in [0.2, 0.25) is 0 Å². The standard InChI is InChI=1S/C52H31N3O2/c1-4-14-32(15-5-1)44-30-45(54-52(53-44)33-16-6-2-7-17-33)40-24-13-23-39-38-22-12-21-36(50(38)57-51(39)40)34-26-27-46-41(28-34)42-29-43-37-20-10-11-25-48(37)56-49(43)31-47(42)55(46)35-18-8-3-9-19-35/h1-31H. The van der Waals surface area contributed by atoms with Gasteiger partial charge in [0.05, 0.1) is 22.4 Å². The van der Waals surface area contributed by atoms with E-state index in [0.717, 1.165) is 105 Å². The molecule has 0 fully saturated rings. The average molecular weight is 730 g/mol. The molecule has 57 heavy (non-hydrogen) atoms. The SMILES string of the molecule is c1ccc(-c2cc(-c3cccc4c3oc3c(-c5ccc6c(c5)c5cc7c(cc5n6-c5ccccc5)oc5ccccc57)cccc34)nc(-c3ccccc3)n2)cc1. The van der Waals surface area contributed by atoms with Gasteiger partial charge < -0.3 is 13.4 Å². The van der Waals surface area contributed by atoms with Gasteiger partial charge in [0.15, 0.2) is 5.82 Å². The second-order valence-corrected chi connectivity index (χ2v) is 14.5. The first-order valence-corrected chi connectivity index (χ1v) is 19.1. The molecule has 0 bridgehead atoms. The smallest absolute Gasteiger partial charge is 0.160 e. The molecule has 5 heteroatoms. The Labute approximate surface area is 326 Å². The zero-order valence-electron chi connectivity index (χ0n) is 30.6. The average Bonchev–Trinajstić information content (AvgIpc) is 3.95. The Kier molecular flexibility index (Phi) is 6.86. The van der Waals surface area contributed by atoms with Crippen LogP contribution < -0.4 is 0 Å². The van der Waals surface area contributed by atoms with E-state index in [1.807, 2.05) is 48.5 Å². The van der Waals surface area contributed by atoms with Crippen LogP contribution in [-0.4, -0.2) is 14.5 Å². The molecule has 0 unspecified atom stereocenters. The molecule has 4 heterocycles. The van der Waals surface area contributed by atoms with Crippen LogP contribution in [0.5, 0.6) is 0 Å². The third kappa shape index (κ3) is 4.96. The largest absolute Gasteiger partial charge is 0.456 e. The van der Waals surface area contributed by atoms with E-state index in [-0.39, 0.29) is 0 Å². The Morgan fingerprint density at radius 1 is 0.351 bits per heavy atom. The Balaban J connectivity index is 1.07. The van der Waals surface area contributed by atoms with Gasteiger partial charge in [-0.1, -0.05) is 133 Å². The maximum atomic E-state index is 7.01. The fraction of sp³-hybridized carbons (Fsp3) is 0. The van der Waals surface area contributed by atoms with Crippen molar-refractivity contribution in [1.82, 2.24) is 14.5 Å². The third-order valence-electron chi connectivity index (χ3n) is 11.2. The van der Waals surface area contributed by atoms with E-state index in [4.69, 9.17) is 18.8 Å². The van der Waals surface area contributed by atoms with E-state index < -0.39 is 0 Å². The summed E-state index contributed by atoms with van der Waals surface area (Å²) in [6, 6.07) is 65.4. The summed E-state index contributed by atoms with van der Waals surface area (Å²) < 4.78 is 15.7. The molecule has 0 N–H and O–H groups in total. The fourth-order valence-electron chi connectivity index (χ4n) is 8.57. The van der Waals surface area contributed by atoms with E-state index in [2.05, 4.69) is 144 Å². The lowest BCUT2D eigenvalue weighted by Crippen LogP contribution is -1.96. The molecule has 5 nitrogen and oxygen atoms in total. The summed E-state index contributed by atoms with van der Waals surface area (Å²) in [5.74, 6) is 0.671. The number of rotatable bonds is 5. The highest BCUT2D eigenvalue weighted by molar-refractivity contribution is 6.19. The monoisotopic (exact) mass is 729 g/mol. The predicted octanol–water partition coefficient (Wildman–Crippen LogP) is 14.0. The van der Waals surface area contributed by atoms with Crippen molar-refractivity contribution in [2.24, 2.45) is 0 Å². The number of hydrogen-bond donors (Lipinski definition) is 0. The van der Waals surface area contributed by atoms with Gasteiger partial charge in [0, 0.05) is 66.3 Å². The molecule has 0 radical (unpaired) electrons. The molecule has 0 aliphatic rings. The van der Waals surface area contributed by atoms with Gasteiger partial charge in [-0.05, 0) is 54.1 Å². The molecule has 0 aliphatic heterocycles. The zero-order chi connectivity index (χ0) is 37.5. The Bertz CT molecular complexity index is 3450. The van der Waals surface area contributed by atoms with Gasteiger partial charge in [-0.25, -0.2) is 9.97 Å².